The second kappa shape index (κ2) is 6.22. The molecule has 0 radical (unpaired) electrons. The molecule has 23 heavy (non-hydrogen) atoms. The van der Waals surface area contributed by atoms with Gasteiger partial charge in [0.1, 0.15) is 0 Å². The number of fused-ring (bicyclic) bond motifs is 1. The summed E-state index contributed by atoms with van der Waals surface area (Å²) in [5.74, 6) is 0. The zero-order valence-electron chi connectivity index (χ0n) is 13.0. The summed E-state index contributed by atoms with van der Waals surface area (Å²) in [5.41, 5.74) is 0.806. The molecule has 0 spiro atoms. The summed E-state index contributed by atoms with van der Waals surface area (Å²) in [5, 5.41) is 13.1. The van der Waals surface area contributed by atoms with E-state index in [1.807, 2.05) is 43.1 Å². The second-order valence-corrected chi connectivity index (χ2v) is 6.55. The fourth-order valence-electron chi connectivity index (χ4n) is 2.54. The summed E-state index contributed by atoms with van der Waals surface area (Å²) in [4.78, 5) is 26.9. The van der Waals surface area contributed by atoms with Crippen molar-refractivity contribution in [2.45, 2.75) is 24.3 Å². The van der Waals surface area contributed by atoms with Crippen molar-refractivity contribution < 1.29 is 5.11 Å². The maximum absolute atomic E-state index is 11.9. The molecule has 1 atom stereocenters. The number of hydrogen-bond donors (Lipinski definition) is 2. The van der Waals surface area contributed by atoms with Crippen molar-refractivity contribution in [1.82, 2.24) is 0 Å². The van der Waals surface area contributed by atoms with Gasteiger partial charge < -0.3 is 15.3 Å². The van der Waals surface area contributed by atoms with Crippen molar-refractivity contribution in [1.29, 1.82) is 0 Å². The van der Waals surface area contributed by atoms with Gasteiger partial charge >= 0.3 is 0 Å². The number of para-hydroxylation sites is 1. The lowest BCUT2D eigenvalue weighted by molar-refractivity contribution is 0.271. The number of thioether (sulfide) groups is 1. The lowest BCUT2D eigenvalue weighted by atomic mass is 10.1. The average molecular weight is 330 g/mol. The molecular formula is C17H18N2O3S. The van der Waals surface area contributed by atoms with E-state index in [-0.39, 0.29) is 12.6 Å². The topological polar surface area (TPSA) is 69.6 Å². The number of benzene rings is 1. The van der Waals surface area contributed by atoms with Crippen molar-refractivity contribution in [3.8, 4) is 0 Å². The van der Waals surface area contributed by atoms with E-state index < -0.39 is 10.9 Å². The maximum Gasteiger partial charge on any atom is 0.250 e. The van der Waals surface area contributed by atoms with E-state index in [0.717, 1.165) is 15.6 Å². The largest absolute Gasteiger partial charge is 0.394 e. The Morgan fingerprint density at radius 2 is 2.04 bits per heavy atom. The van der Waals surface area contributed by atoms with Crippen molar-refractivity contribution in [2.24, 2.45) is 0 Å². The zero-order valence-corrected chi connectivity index (χ0v) is 13.8. The molecule has 2 N–H and O–H groups in total. The third-order valence-corrected chi connectivity index (χ3v) is 5.21. The molecule has 0 fully saturated rings. The molecule has 3 rings (SSSR count). The van der Waals surface area contributed by atoms with E-state index in [9.17, 15) is 14.7 Å². The van der Waals surface area contributed by atoms with Crippen LogP contribution in [0, 0.1) is 0 Å². The predicted octanol–water partition coefficient (Wildman–Crippen LogP) is 2.01. The molecule has 120 valence electrons. The number of aliphatic hydroxyl groups is 1. The van der Waals surface area contributed by atoms with E-state index in [0.29, 0.717) is 17.7 Å². The summed E-state index contributed by atoms with van der Waals surface area (Å²) >= 11 is 1.57. The first kappa shape index (κ1) is 15.8. The molecule has 2 aromatic carbocycles. The molecule has 1 aliphatic rings. The van der Waals surface area contributed by atoms with Crippen molar-refractivity contribution >= 4 is 29.2 Å². The van der Waals surface area contributed by atoms with Crippen LogP contribution in [0.4, 0.5) is 11.4 Å². The van der Waals surface area contributed by atoms with Crippen molar-refractivity contribution in [2.75, 3.05) is 23.9 Å². The lowest BCUT2D eigenvalue weighted by Crippen LogP contribution is -2.40. The SMILES string of the molecule is CC[C@H](CO)Nc1c(/C=C2\Sc3ccccc3N2C)c(=O)c1=O. The molecule has 0 aromatic heterocycles. The van der Waals surface area contributed by atoms with Crippen LogP contribution >= 0.6 is 11.8 Å². The van der Waals surface area contributed by atoms with Crippen molar-refractivity contribution in [3.63, 3.8) is 0 Å². The molecular weight excluding hydrogens is 312 g/mol. The van der Waals surface area contributed by atoms with Crippen LogP contribution in [0.25, 0.3) is 6.08 Å². The predicted molar refractivity (Wildman–Crippen MR) is 94.8 cm³/mol. The number of aliphatic hydroxyl groups excluding tert-OH is 1. The minimum atomic E-state index is -0.507. The Labute approximate surface area is 138 Å². The molecule has 2 aromatic rings. The van der Waals surface area contributed by atoms with Gasteiger partial charge in [-0.15, -0.1) is 0 Å². The van der Waals surface area contributed by atoms with Gasteiger partial charge in [-0.3, -0.25) is 9.59 Å². The van der Waals surface area contributed by atoms with E-state index in [1.165, 1.54) is 0 Å². The highest BCUT2D eigenvalue weighted by atomic mass is 32.2. The third kappa shape index (κ3) is 2.68. The first-order chi connectivity index (χ1) is 11.1. The zero-order chi connectivity index (χ0) is 16.6. The Morgan fingerprint density at radius 3 is 2.70 bits per heavy atom. The van der Waals surface area contributed by atoms with Crippen LogP contribution in [-0.4, -0.2) is 24.8 Å². The standard InChI is InChI=1S/C17H18N2O3S/c1-3-10(9-20)18-15-11(16(21)17(15)22)8-14-19(2)12-6-4-5-7-13(12)23-14/h4-8,10,18,20H,3,9H2,1-2H3/b14-8-/t10-/m1/s1. The summed E-state index contributed by atoms with van der Waals surface area (Å²) in [6.45, 7) is 1.83. The molecule has 5 nitrogen and oxygen atoms in total. The fourth-order valence-corrected chi connectivity index (χ4v) is 3.63. The Balaban J connectivity index is 1.92. The molecule has 1 aliphatic heterocycles. The Kier molecular flexibility index (Phi) is 4.28. The van der Waals surface area contributed by atoms with E-state index in [1.54, 1.807) is 17.8 Å². The molecule has 0 bridgehead atoms. The van der Waals surface area contributed by atoms with Gasteiger partial charge in [0, 0.05) is 18.0 Å². The molecule has 0 saturated heterocycles. The highest BCUT2D eigenvalue weighted by molar-refractivity contribution is 8.03. The molecule has 0 saturated carbocycles. The third-order valence-electron chi connectivity index (χ3n) is 4.05. The highest BCUT2D eigenvalue weighted by Crippen LogP contribution is 2.45. The minimum absolute atomic E-state index is 0.0780. The van der Waals surface area contributed by atoms with Crippen LogP contribution in [0.15, 0.2) is 43.8 Å². The summed E-state index contributed by atoms with van der Waals surface area (Å²) < 4.78 is 0. The smallest absolute Gasteiger partial charge is 0.250 e. The molecule has 1 heterocycles. The fraction of sp³-hybridized carbons (Fsp3) is 0.294. The normalized spacial score (nSPS) is 16.8. The van der Waals surface area contributed by atoms with Crippen molar-refractivity contribution in [3.05, 3.63) is 55.3 Å². The highest BCUT2D eigenvalue weighted by Gasteiger charge is 2.26. The van der Waals surface area contributed by atoms with Gasteiger partial charge in [-0.05, 0) is 24.6 Å². The maximum atomic E-state index is 11.9. The van der Waals surface area contributed by atoms with Crippen LogP contribution in [0.5, 0.6) is 0 Å². The number of anilines is 2. The lowest BCUT2D eigenvalue weighted by Gasteiger charge is -2.19. The number of nitrogens with zero attached hydrogens (tertiary/aromatic N) is 1. The molecule has 6 heteroatoms. The van der Waals surface area contributed by atoms with Gasteiger partial charge in [-0.25, -0.2) is 0 Å². The second-order valence-electron chi connectivity index (χ2n) is 5.49. The van der Waals surface area contributed by atoms with Crippen LogP contribution < -0.4 is 21.1 Å². The number of rotatable bonds is 5. The van der Waals surface area contributed by atoms with Crippen LogP contribution in [0.1, 0.15) is 18.9 Å². The van der Waals surface area contributed by atoms with Gasteiger partial charge in [-0.2, -0.15) is 0 Å². The first-order valence-electron chi connectivity index (χ1n) is 7.49. The van der Waals surface area contributed by atoms with Gasteiger partial charge in [0.15, 0.2) is 0 Å². The van der Waals surface area contributed by atoms with Gasteiger partial charge in [-0.1, -0.05) is 30.8 Å². The summed E-state index contributed by atoms with van der Waals surface area (Å²) in [6, 6.07) is 7.76. The summed E-state index contributed by atoms with van der Waals surface area (Å²) in [7, 11) is 1.94. The van der Waals surface area contributed by atoms with E-state index in [2.05, 4.69) is 5.32 Å². The average Bonchev–Trinajstić information content (AvgIpc) is 2.90. The van der Waals surface area contributed by atoms with E-state index >= 15 is 0 Å². The van der Waals surface area contributed by atoms with E-state index in [4.69, 9.17) is 0 Å². The Bertz CT molecular complexity index is 833. The quantitative estimate of drug-likeness (QED) is 0.817. The summed E-state index contributed by atoms with van der Waals surface area (Å²) in [6.07, 6.45) is 2.42. The number of hydrogen-bond acceptors (Lipinski definition) is 6. The van der Waals surface area contributed by atoms with Gasteiger partial charge in [0.05, 0.1) is 28.6 Å². The first-order valence-corrected chi connectivity index (χ1v) is 8.31. The Morgan fingerprint density at radius 1 is 1.30 bits per heavy atom. The van der Waals surface area contributed by atoms with Gasteiger partial charge in [0.25, 0.3) is 0 Å². The number of nitrogens with one attached hydrogen (secondary N) is 1. The minimum Gasteiger partial charge on any atom is -0.394 e. The monoisotopic (exact) mass is 330 g/mol. The molecule has 0 amide bonds. The van der Waals surface area contributed by atoms with Crippen LogP contribution in [0.2, 0.25) is 0 Å². The Hall–Kier alpha value is -2.05. The van der Waals surface area contributed by atoms with Crippen LogP contribution in [-0.2, 0) is 0 Å². The molecule has 0 aliphatic carbocycles. The van der Waals surface area contributed by atoms with Crippen LogP contribution in [0.3, 0.4) is 0 Å². The van der Waals surface area contributed by atoms with Gasteiger partial charge in [0.2, 0.25) is 10.9 Å². The molecule has 0 unspecified atom stereocenters.